The third-order valence-electron chi connectivity index (χ3n) is 2.55. The first-order valence-corrected chi connectivity index (χ1v) is 6.26. The standard InChI is InChI=1S/C12H11N3O3S/c1-15(11(16)10-7-19-14-13-10)6-8-2-4-9(5-3-8)12(17)18/h2-5,7H,6H2,1H3,(H,17,18). The predicted octanol–water partition coefficient (Wildman–Crippen LogP) is 1.51. The van der Waals surface area contributed by atoms with Gasteiger partial charge in [-0.25, -0.2) is 4.79 Å². The summed E-state index contributed by atoms with van der Waals surface area (Å²) in [4.78, 5) is 24.1. The van der Waals surface area contributed by atoms with E-state index >= 15 is 0 Å². The zero-order valence-electron chi connectivity index (χ0n) is 10.1. The highest BCUT2D eigenvalue weighted by atomic mass is 32.1. The number of aromatic carboxylic acids is 1. The van der Waals surface area contributed by atoms with Crippen LogP contribution in [0.4, 0.5) is 0 Å². The van der Waals surface area contributed by atoms with Gasteiger partial charge in [-0.3, -0.25) is 4.79 Å². The Bertz CT molecular complexity index is 581. The van der Waals surface area contributed by atoms with Crippen LogP contribution < -0.4 is 0 Å². The third kappa shape index (κ3) is 3.14. The van der Waals surface area contributed by atoms with Gasteiger partial charge in [0.25, 0.3) is 5.91 Å². The summed E-state index contributed by atoms with van der Waals surface area (Å²) in [7, 11) is 1.66. The molecular weight excluding hydrogens is 266 g/mol. The Morgan fingerprint density at radius 3 is 2.53 bits per heavy atom. The Kier molecular flexibility index (Phi) is 3.86. The molecule has 0 aliphatic rings. The van der Waals surface area contributed by atoms with Gasteiger partial charge in [0.05, 0.1) is 5.56 Å². The Morgan fingerprint density at radius 1 is 1.32 bits per heavy atom. The van der Waals surface area contributed by atoms with E-state index in [0.717, 1.165) is 17.1 Å². The van der Waals surface area contributed by atoms with Crippen LogP contribution in [0.15, 0.2) is 29.6 Å². The lowest BCUT2D eigenvalue weighted by Gasteiger charge is -2.15. The Balaban J connectivity index is 2.04. The van der Waals surface area contributed by atoms with E-state index in [0.29, 0.717) is 12.2 Å². The van der Waals surface area contributed by atoms with Gasteiger partial charge in [-0.15, -0.1) is 5.10 Å². The summed E-state index contributed by atoms with van der Waals surface area (Å²) in [5, 5.41) is 14.1. The van der Waals surface area contributed by atoms with E-state index in [4.69, 9.17) is 5.11 Å². The minimum Gasteiger partial charge on any atom is -0.478 e. The van der Waals surface area contributed by atoms with E-state index in [9.17, 15) is 9.59 Å². The topological polar surface area (TPSA) is 83.4 Å². The van der Waals surface area contributed by atoms with Crippen molar-refractivity contribution < 1.29 is 14.7 Å². The van der Waals surface area contributed by atoms with Crippen LogP contribution >= 0.6 is 11.5 Å². The smallest absolute Gasteiger partial charge is 0.335 e. The molecule has 0 saturated heterocycles. The van der Waals surface area contributed by atoms with E-state index in [1.54, 1.807) is 24.6 Å². The van der Waals surface area contributed by atoms with Gasteiger partial charge in [-0.2, -0.15) is 0 Å². The molecule has 1 N–H and O–H groups in total. The Labute approximate surface area is 113 Å². The second kappa shape index (κ2) is 5.57. The second-order valence-corrected chi connectivity index (χ2v) is 4.56. The van der Waals surface area contributed by atoms with E-state index in [1.165, 1.54) is 17.0 Å². The first kappa shape index (κ1) is 13.2. The van der Waals surface area contributed by atoms with Crippen LogP contribution in [0.5, 0.6) is 0 Å². The molecule has 0 aliphatic heterocycles. The van der Waals surface area contributed by atoms with Gasteiger partial charge in [-0.05, 0) is 29.2 Å². The van der Waals surface area contributed by atoms with Gasteiger partial charge in [0.2, 0.25) is 0 Å². The first-order chi connectivity index (χ1) is 9.08. The summed E-state index contributed by atoms with van der Waals surface area (Å²) in [6, 6.07) is 6.40. The number of hydrogen-bond acceptors (Lipinski definition) is 5. The normalized spacial score (nSPS) is 10.2. The molecule has 19 heavy (non-hydrogen) atoms. The maximum atomic E-state index is 11.9. The van der Waals surface area contributed by atoms with Crippen molar-refractivity contribution in [2.24, 2.45) is 0 Å². The molecule has 0 spiro atoms. The zero-order valence-corrected chi connectivity index (χ0v) is 10.9. The fourth-order valence-electron chi connectivity index (χ4n) is 1.55. The fourth-order valence-corrected chi connectivity index (χ4v) is 1.98. The van der Waals surface area contributed by atoms with Crippen molar-refractivity contribution in [1.29, 1.82) is 0 Å². The van der Waals surface area contributed by atoms with E-state index in [1.807, 2.05) is 0 Å². The summed E-state index contributed by atoms with van der Waals surface area (Å²) >= 11 is 1.12. The number of carboxylic acid groups (broad SMARTS) is 1. The van der Waals surface area contributed by atoms with E-state index in [-0.39, 0.29) is 11.5 Å². The number of benzene rings is 1. The molecule has 0 bridgehead atoms. The van der Waals surface area contributed by atoms with E-state index in [2.05, 4.69) is 9.59 Å². The highest BCUT2D eigenvalue weighted by molar-refractivity contribution is 7.03. The molecule has 1 amide bonds. The maximum Gasteiger partial charge on any atom is 0.335 e. The van der Waals surface area contributed by atoms with Crippen LogP contribution in [0.1, 0.15) is 26.4 Å². The summed E-state index contributed by atoms with van der Waals surface area (Å²) in [5.74, 6) is -1.18. The van der Waals surface area contributed by atoms with Crippen LogP contribution in [-0.4, -0.2) is 38.5 Å². The molecule has 0 unspecified atom stereocenters. The number of carbonyl (C=O) groups excluding carboxylic acids is 1. The average Bonchev–Trinajstić information content (AvgIpc) is 2.92. The van der Waals surface area contributed by atoms with Crippen LogP contribution in [0, 0.1) is 0 Å². The molecule has 0 aliphatic carbocycles. The van der Waals surface area contributed by atoms with Gasteiger partial charge in [0.1, 0.15) is 0 Å². The van der Waals surface area contributed by atoms with Gasteiger partial charge >= 0.3 is 5.97 Å². The van der Waals surface area contributed by atoms with Crippen molar-refractivity contribution in [2.75, 3.05) is 7.05 Å². The van der Waals surface area contributed by atoms with E-state index < -0.39 is 5.97 Å². The van der Waals surface area contributed by atoms with Crippen molar-refractivity contribution in [2.45, 2.75) is 6.54 Å². The summed E-state index contributed by atoms with van der Waals surface area (Å²) in [6.07, 6.45) is 0. The Hall–Kier alpha value is -2.28. The fraction of sp³-hybridized carbons (Fsp3) is 0.167. The lowest BCUT2D eigenvalue weighted by molar-refractivity contribution is 0.0695. The van der Waals surface area contributed by atoms with Crippen LogP contribution in [-0.2, 0) is 6.54 Å². The van der Waals surface area contributed by atoms with Crippen LogP contribution in [0.2, 0.25) is 0 Å². The zero-order chi connectivity index (χ0) is 13.8. The molecular formula is C12H11N3O3S. The number of carboxylic acids is 1. The number of nitrogens with zero attached hydrogens (tertiary/aromatic N) is 3. The van der Waals surface area contributed by atoms with Crippen molar-refractivity contribution in [1.82, 2.24) is 14.5 Å². The molecule has 0 saturated carbocycles. The molecule has 6 nitrogen and oxygen atoms in total. The van der Waals surface area contributed by atoms with Crippen molar-refractivity contribution in [3.63, 3.8) is 0 Å². The molecule has 7 heteroatoms. The number of aromatic nitrogens is 2. The maximum absolute atomic E-state index is 11.9. The van der Waals surface area contributed by atoms with Crippen molar-refractivity contribution in [3.05, 3.63) is 46.5 Å². The summed E-state index contributed by atoms with van der Waals surface area (Å²) in [6.45, 7) is 0.385. The highest BCUT2D eigenvalue weighted by Gasteiger charge is 2.14. The number of hydrogen-bond donors (Lipinski definition) is 1. The largest absolute Gasteiger partial charge is 0.478 e. The molecule has 1 aromatic heterocycles. The highest BCUT2D eigenvalue weighted by Crippen LogP contribution is 2.09. The van der Waals surface area contributed by atoms with Gasteiger partial charge in [0.15, 0.2) is 5.69 Å². The van der Waals surface area contributed by atoms with Crippen molar-refractivity contribution >= 4 is 23.4 Å². The van der Waals surface area contributed by atoms with Crippen LogP contribution in [0.3, 0.4) is 0 Å². The summed E-state index contributed by atoms with van der Waals surface area (Å²) in [5.41, 5.74) is 1.39. The number of rotatable bonds is 4. The van der Waals surface area contributed by atoms with Gasteiger partial charge < -0.3 is 10.0 Å². The molecule has 0 fully saturated rings. The quantitative estimate of drug-likeness (QED) is 0.915. The number of carbonyl (C=O) groups is 2. The SMILES string of the molecule is CN(Cc1ccc(C(=O)O)cc1)C(=O)c1csnn1. The molecule has 1 heterocycles. The molecule has 0 radical (unpaired) electrons. The molecule has 1 aromatic carbocycles. The number of amides is 1. The van der Waals surface area contributed by atoms with Gasteiger partial charge in [0, 0.05) is 19.0 Å². The summed E-state index contributed by atoms with van der Waals surface area (Å²) < 4.78 is 3.64. The average molecular weight is 277 g/mol. The van der Waals surface area contributed by atoms with Crippen molar-refractivity contribution in [3.8, 4) is 0 Å². The Morgan fingerprint density at radius 2 is 2.00 bits per heavy atom. The lowest BCUT2D eigenvalue weighted by Crippen LogP contribution is -2.26. The molecule has 2 rings (SSSR count). The molecule has 2 aromatic rings. The first-order valence-electron chi connectivity index (χ1n) is 5.42. The molecule has 0 atom stereocenters. The van der Waals surface area contributed by atoms with Gasteiger partial charge in [-0.1, -0.05) is 16.6 Å². The second-order valence-electron chi connectivity index (χ2n) is 3.95. The minimum absolute atomic E-state index is 0.212. The lowest BCUT2D eigenvalue weighted by atomic mass is 10.1. The van der Waals surface area contributed by atoms with Crippen LogP contribution in [0.25, 0.3) is 0 Å². The predicted molar refractivity (Wildman–Crippen MR) is 69.1 cm³/mol. The third-order valence-corrected chi connectivity index (χ3v) is 3.05. The molecule has 98 valence electrons. The monoisotopic (exact) mass is 277 g/mol. The minimum atomic E-state index is -0.968.